The Balaban J connectivity index is 1.38. The Bertz CT molecular complexity index is 1160. The van der Waals surface area contributed by atoms with Crippen LogP contribution in [0.3, 0.4) is 0 Å². The molecule has 2 amide bonds. The second-order valence-corrected chi connectivity index (χ2v) is 10.1. The van der Waals surface area contributed by atoms with Crippen molar-refractivity contribution in [2.75, 3.05) is 5.32 Å². The number of furan rings is 1. The van der Waals surface area contributed by atoms with Gasteiger partial charge in [0.15, 0.2) is 5.76 Å². The molecule has 34 heavy (non-hydrogen) atoms. The van der Waals surface area contributed by atoms with E-state index in [1.54, 1.807) is 23.9 Å². The van der Waals surface area contributed by atoms with E-state index in [9.17, 15) is 9.59 Å². The molecule has 1 aromatic carbocycles. The molecule has 1 saturated carbocycles. The predicted octanol–water partition coefficient (Wildman–Crippen LogP) is 4.23. The molecule has 1 fully saturated rings. The lowest BCUT2D eigenvalue weighted by molar-refractivity contribution is 0.0898. The van der Waals surface area contributed by atoms with Crippen molar-refractivity contribution in [2.24, 2.45) is 12.8 Å². The average molecular weight is 464 g/mol. The molecule has 2 heterocycles. The lowest BCUT2D eigenvalue weighted by Gasteiger charge is -2.26. The highest BCUT2D eigenvalue weighted by Crippen LogP contribution is 2.26. The van der Waals surface area contributed by atoms with Crippen LogP contribution in [0, 0.1) is 0 Å². The van der Waals surface area contributed by atoms with Crippen molar-refractivity contribution in [1.29, 1.82) is 0 Å². The van der Waals surface area contributed by atoms with Gasteiger partial charge in [-0.3, -0.25) is 14.3 Å². The molecule has 4 N–H and O–H groups in total. The summed E-state index contributed by atoms with van der Waals surface area (Å²) in [5.74, 6) is 0.448. The zero-order chi connectivity index (χ0) is 24.5. The van der Waals surface area contributed by atoms with Crippen molar-refractivity contribution in [1.82, 2.24) is 15.1 Å². The molecule has 0 spiro atoms. The number of nitrogens with zero attached hydrogens (tertiary/aromatic N) is 2. The molecule has 8 nitrogen and oxygen atoms in total. The van der Waals surface area contributed by atoms with Crippen LogP contribution in [0.2, 0.25) is 0 Å². The Morgan fingerprint density at radius 1 is 1.03 bits per heavy atom. The lowest BCUT2D eigenvalue weighted by atomic mass is 9.92. The number of hydrogen-bond acceptors (Lipinski definition) is 5. The number of amides is 2. The van der Waals surface area contributed by atoms with Gasteiger partial charge in [0, 0.05) is 35.8 Å². The summed E-state index contributed by atoms with van der Waals surface area (Å²) in [5.41, 5.74) is 8.63. The molecule has 1 aliphatic rings. The fourth-order valence-corrected chi connectivity index (χ4v) is 4.09. The number of hydrogen-bond donors (Lipinski definition) is 3. The first-order chi connectivity index (χ1) is 16.1. The van der Waals surface area contributed by atoms with Crippen LogP contribution in [-0.2, 0) is 12.5 Å². The summed E-state index contributed by atoms with van der Waals surface area (Å²) in [7, 11) is 1.76. The van der Waals surface area contributed by atoms with Gasteiger partial charge in [-0.05, 0) is 68.1 Å². The van der Waals surface area contributed by atoms with Crippen LogP contribution in [0.4, 0.5) is 5.69 Å². The van der Waals surface area contributed by atoms with Crippen molar-refractivity contribution >= 4 is 17.5 Å². The number of benzene rings is 1. The first kappa shape index (κ1) is 23.8. The highest BCUT2D eigenvalue weighted by Gasteiger charge is 2.23. The van der Waals surface area contributed by atoms with E-state index in [0.29, 0.717) is 17.1 Å². The maximum Gasteiger partial charge on any atom is 0.287 e. The van der Waals surface area contributed by atoms with Crippen molar-refractivity contribution in [3.63, 3.8) is 0 Å². The van der Waals surface area contributed by atoms with Crippen LogP contribution < -0.4 is 16.4 Å². The van der Waals surface area contributed by atoms with Gasteiger partial charge in [-0.2, -0.15) is 5.10 Å². The fourth-order valence-electron chi connectivity index (χ4n) is 4.09. The first-order valence-electron chi connectivity index (χ1n) is 11.7. The normalized spacial score (nSPS) is 18.5. The van der Waals surface area contributed by atoms with Crippen molar-refractivity contribution in [3.05, 3.63) is 59.6 Å². The van der Waals surface area contributed by atoms with E-state index in [1.165, 1.54) is 0 Å². The third-order valence-corrected chi connectivity index (χ3v) is 6.25. The third kappa shape index (κ3) is 5.39. The van der Waals surface area contributed by atoms with Crippen LogP contribution in [0.5, 0.6) is 0 Å². The van der Waals surface area contributed by atoms with E-state index in [-0.39, 0.29) is 35.1 Å². The van der Waals surface area contributed by atoms with Crippen molar-refractivity contribution < 1.29 is 14.0 Å². The second-order valence-electron chi connectivity index (χ2n) is 10.1. The number of anilines is 1. The SMILES string of the molecule is Cn1nc(C(C)(C)C)cc1C(=O)Nc1ccc(-c2ccc(C(=O)NC3CCC(N)CC3)o2)cc1. The highest BCUT2D eigenvalue weighted by atomic mass is 16.3. The third-order valence-electron chi connectivity index (χ3n) is 6.25. The summed E-state index contributed by atoms with van der Waals surface area (Å²) in [6.07, 6.45) is 3.64. The van der Waals surface area contributed by atoms with E-state index in [1.807, 2.05) is 30.3 Å². The number of nitrogens with two attached hydrogens (primary N) is 1. The molecule has 0 atom stereocenters. The maximum atomic E-state index is 12.7. The van der Waals surface area contributed by atoms with Gasteiger partial charge in [-0.1, -0.05) is 20.8 Å². The van der Waals surface area contributed by atoms with Crippen molar-refractivity contribution in [2.45, 2.75) is 64.0 Å². The quantitative estimate of drug-likeness (QED) is 0.524. The van der Waals surface area contributed by atoms with Gasteiger partial charge in [0.05, 0.1) is 5.69 Å². The van der Waals surface area contributed by atoms with Gasteiger partial charge in [-0.25, -0.2) is 0 Å². The molecule has 4 rings (SSSR count). The topological polar surface area (TPSA) is 115 Å². The zero-order valence-electron chi connectivity index (χ0n) is 20.2. The van der Waals surface area contributed by atoms with Crippen LogP contribution in [-0.4, -0.2) is 33.7 Å². The van der Waals surface area contributed by atoms with E-state index in [0.717, 1.165) is 36.9 Å². The Kier molecular flexibility index (Phi) is 6.61. The summed E-state index contributed by atoms with van der Waals surface area (Å²) >= 11 is 0. The molecule has 0 bridgehead atoms. The summed E-state index contributed by atoms with van der Waals surface area (Å²) in [6.45, 7) is 6.18. The summed E-state index contributed by atoms with van der Waals surface area (Å²) in [5, 5.41) is 10.4. The molecule has 0 saturated heterocycles. The van der Waals surface area contributed by atoms with Crippen molar-refractivity contribution in [3.8, 4) is 11.3 Å². The number of carbonyl (C=O) groups excluding carboxylic acids is 2. The van der Waals surface area contributed by atoms with Gasteiger partial charge < -0.3 is 20.8 Å². The first-order valence-corrected chi connectivity index (χ1v) is 11.7. The molecule has 0 unspecified atom stereocenters. The standard InChI is InChI=1S/C26H33N5O3/c1-26(2,3)23-15-20(31(4)30-23)24(32)28-18-9-5-16(6-10-18)21-13-14-22(34-21)25(33)29-19-11-7-17(27)8-12-19/h5-6,9-10,13-15,17,19H,7-8,11-12,27H2,1-4H3,(H,28,32)(H,29,33). The minimum Gasteiger partial charge on any atom is -0.451 e. The largest absolute Gasteiger partial charge is 0.451 e. The lowest BCUT2D eigenvalue weighted by Crippen LogP contribution is -2.40. The van der Waals surface area contributed by atoms with E-state index < -0.39 is 0 Å². The van der Waals surface area contributed by atoms with E-state index in [4.69, 9.17) is 10.2 Å². The number of aryl methyl sites for hydroxylation is 1. The summed E-state index contributed by atoms with van der Waals surface area (Å²) in [6, 6.07) is 13.0. The molecular weight excluding hydrogens is 430 g/mol. The van der Waals surface area contributed by atoms with Gasteiger partial charge in [0.2, 0.25) is 0 Å². The van der Waals surface area contributed by atoms with Gasteiger partial charge in [-0.15, -0.1) is 0 Å². The Labute approximate surface area is 199 Å². The van der Waals surface area contributed by atoms with Gasteiger partial charge in [0.25, 0.3) is 11.8 Å². The minimum atomic E-state index is -0.223. The van der Waals surface area contributed by atoms with Crippen LogP contribution in [0.15, 0.2) is 46.9 Å². The summed E-state index contributed by atoms with van der Waals surface area (Å²) < 4.78 is 7.40. The minimum absolute atomic E-state index is 0.138. The number of aromatic nitrogens is 2. The van der Waals surface area contributed by atoms with Crippen LogP contribution in [0.1, 0.15) is 73.2 Å². The molecule has 3 aromatic rings. The number of carbonyl (C=O) groups is 2. The molecule has 0 radical (unpaired) electrons. The van der Waals surface area contributed by atoms with Gasteiger partial charge >= 0.3 is 0 Å². The number of nitrogens with one attached hydrogen (secondary N) is 2. The predicted molar refractivity (Wildman–Crippen MR) is 132 cm³/mol. The Hall–Kier alpha value is -3.39. The summed E-state index contributed by atoms with van der Waals surface area (Å²) in [4.78, 5) is 25.3. The smallest absolute Gasteiger partial charge is 0.287 e. The van der Waals surface area contributed by atoms with Gasteiger partial charge in [0.1, 0.15) is 11.5 Å². The average Bonchev–Trinajstić information content (AvgIpc) is 3.43. The number of rotatable bonds is 5. The molecule has 8 heteroatoms. The molecule has 2 aromatic heterocycles. The van der Waals surface area contributed by atoms with E-state index in [2.05, 4.69) is 36.5 Å². The van der Waals surface area contributed by atoms with Crippen LogP contribution in [0.25, 0.3) is 11.3 Å². The monoisotopic (exact) mass is 463 g/mol. The fraction of sp³-hybridized carbons (Fsp3) is 0.423. The molecular formula is C26H33N5O3. The molecule has 1 aliphatic carbocycles. The zero-order valence-corrected chi connectivity index (χ0v) is 20.2. The molecule has 0 aliphatic heterocycles. The van der Waals surface area contributed by atoms with E-state index >= 15 is 0 Å². The maximum absolute atomic E-state index is 12.7. The second kappa shape index (κ2) is 9.46. The Morgan fingerprint density at radius 2 is 1.71 bits per heavy atom. The highest BCUT2D eigenvalue weighted by molar-refractivity contribution is 6.03. The van der Waals surface area contributed by atoms with Crippen LogP contribution >= 0.6 is 0 Å². The molecule has 180 valence electrons. The Morgan fingerprint density at radius 3 is 2.32 bits per heavy atom.